The summed E-state index contributed by atoms with van der Waals surface area (Å²) >= 11 is 5.05. The van der Waals surface area contributed by atoms with Crippen molar-refractivity contribution < 1.29 is 4.79 Å². The van der Waals surface area contributed by atoms with Gasteiger partial charge in [0, 0.05) is 25.9 Å². The first-order valence-electron chi connectivity index (χ1n) is 7.05. The van der Waals surface area contributed by atoms with Crippen molar-refractivity contribution in [3.8, 4) is 0 Å². The first kappa shape index (κ1) is 12.8. The minimum absolute atomic E-state index is 0.230. The summed E-state index contributed by atoms with van der Waals surface area (Å²) in [5.74, 6) is 2.91. The highest BCUT2D eigenvalue weighted by Crippen LogP contribution is 2.51. The van der Waals surface area contributed by atoms with Crippen molar-refractivity contribution in [3.63, 3.8) is 0 Å². The number of aromatic amines is 1. The van der Waals surface area contributed by atoms with Crippen LogP contribution in [0.1, 0.15) is 31.5 Å². The van der Waals surface area contributed by atoms with Crippen LogP contribution in [-0.4, -0.2) is 27.2 Å². The summed E-state index contributed by atoms with van der Waals surface area (Å²) < 4.78 is 2.46. The highest BCUT2D eigenvalue weighted by Gasteiger charge is 2.48. The van der Waals surface area contributed by atoms with Crippen LogP contribution in [0.5, 0.6) is 0 Å². The average molecular weight is 280 g/mol. The van der Waals surface area contributed by atoms with Crippen molar-refractivity contribution in [1.82, 2.24) is 20.1 Å². The van der Waals surface area contributed by atoms with Crippen LogP contribution < -0.4 is 5.32 Å². The molecule has 0 bridgehead atoms. The molecular formula is C13H20N4OS. The van der Waals surface area contributed by atoms with Crippen LogP contribution in [0.15, 0.2) is 0 Å². The van der Waals surface area contributed by atoms with Crippen molar-refractivity contribution in [2.24, 2.45) is 24.8 Å². The van der Waals surface area contributed by atoms with Gasteiger partial charge in [-0.1, -0.05) is 19.3 Å². The Bertz CT molecular complexity index is 531. The Labute approximate surface area is 117 Å². The zero-order valence-electron chi connectivity index (χ0n) is 11.2. The lowest BCUT2D eigenvalue weighted by molar-refractivity contribution is -0.122. The first-order valence-corrected chi connectivity index (χ1v) is 7.45. The van der Waals surface area contributed by atoms with E-state index in [-0.39, 0.29) is 11.8 Å². The Morgan fingerprint density at radius 1 is 1.58 bits per heavy atom. The lowest BCUT2D eigenvalue weighted by atomic mass is 9.81. The van der Waals surface area contributed by atoms with Crippen molar-refractivity contribution in [2.45, 2.75) is 32.1 Å². The smallest absolute Gasteiger partial charge is 0.223 e. The van der Waals surface area contributed by atoms with Gasteiger partial charge in [0.2, 0.25) is 5.91 Å². The van der Waals surface area contributed by atoms with E-state index in [1.165, 1.54) is 19.3 Å². The van der Waals surface area contributed by atoms with Gasteiger partial charge in [0.05, 0.1) is 0 Å². The lowest BCUT2D eigenvalue weighted by Crippen LogP contribution is -2.29. The zero-order chi connectivity index (χ0) is 13.4. The van der Waals surface area contributed by atoms with Gasteiger partial charge < -0.3 is 9.88 Å². The molecule has 2 atom stereocenters. The van der Waals surface area contributed by atoms with E-state index in [1.807, 2.05) is 11.6 Å². The number of aromatic nitrogens is 3. The van der Waals surface area contributed by atoms with Crippen molar-refractivity contribution in [2.75, 3.05) is 6.54 Å². The molecule has 104 valence electrons. The number of H-pyrrole nitrogens is 1. The molecule has 0 saturated heterocycles. The minimum atomic E-state index is 0.230. The Morgan fingerprint density at radius 3 is 2.95 bits per heavy atom. The summed E-state index contributed by atoms with van der Waals surface area (Å²) in [6, 6.07) is 0. The van der Waals surface area contributed by atoms with E-state index in [2.05, 4.69) is 15.5 Å². The van der Waals surface area contributed by atoms with Gasteiger partial charge in [-0.3, -0.25) is 9.89 Å². The van der Waals surface area contributed by atoms with Gasteiger partial charge in [0.25, 0.3) is 0 Å². The molecule has 2 saturated carbocycles. The third-order valence-electron chi connectivity index (χ3n) is 4.55. The Kier molecular flexibility index (Phi) is 3.43. The van der Waals surface area contributed by atoms with Crippen LogP contribution in [0, 0.1) is 22.5 Å². The summed E-state index contributed by atoms with van der Waals surface area (Å²) in [6.07, 6.45) is 5.84. The fourth-order valence-electron chi connectivity index (χ4n) is 2.94. The van der Waals surface area contributed by atoms with Crippen LogP contribution >= 0.6 is 12.2 Å². The van der Waals surface area contributed by atoms with Gasteiger partial charge in [-0.2, -0.15) is 5.10 Å². The zero-order valence-corrected chi connectivity index (χ0v) is 12.0. The van der Waals surface area contributed by atoms with Gasteiger partial charge in [-0.05, 0) is 30.5 Å². The molecule has 2 fully saturated rings. The molecule has 1 heterocycles. The molecule has 0 aromatic carbocycles. The number of nitrogens with zero attached hydrogens (tertiary/aromatic N) is 2. The summed E-state index contributed by atoms with van der Waals surface area (Å²) in [4.78, 5) is 12.0. The number of rotatable bonds is 5. The van der Waals surface area contributed by atoms with E-state index in [9.17, 15) is 4.79 Å². The van der Waals surface area contributed by atoms with E-state index in [4.69, 9.17) is 12.2 Å². The monoisotopic (exact) mass is 280 g/mol. The fourth-order valence-corrected chi connectivity index (χ4v) is 3.09. The van der Waals surface area contributed by atoms with E-state index in [0.717, 1.165) is 24.6 Å². The van der Waals surface area contributed by atoms with E-state index >= 15 is 0 Å². The summed E-state index contributed by atoms with van der Waals surface area (Å²) in [6.45, 7) is 0.639. The molecule has 0 radical (unpaired) electrons. The fraction of sp³-hybridized carbons (Fsp3) is 0.769. The molecule has 1 amide bonds. The number of carbonyl (C=O) groups excluding carboxylic acids is 1. The molecule has 3 rings (SSSR count). The van der Waals surface area contributed by atoms with Crippen LogP contribution in [0.2, 0.25) is 0 Å². The molecule has 1 aromatic rings. The standard InChI is InChI=1S/C13H20N4OS/c1-17-11(15-16-13(17)19)5-6-14-12(18)10-7-9(10)8-3-2-4-8/h8-10H,2-7H2,1H3,(H,14,18)(H,16,19)/t9-,10-/m1/s1. The van der Waals surface area contributed by atoms with E-state index in [1.54, 1.807) is 0 Å². The van der Waals surface area contributed by atoms with E-state index in [0.29, 0.717) is 17.2 Å². The largest absolute Gasteiger partial charge is 0.355 e. The Hall–Kier alpha value is -1.17. The number of hydrogen-bond acceptors (Lipinski definition) is 3. The molecule has 0 unspecified atom stereocenters. The number of nitrogens with one attached hydrogen (secondary N) is 2. The lowest BCUT2D eigenvalue weighted by Gasteiger charge is -2.25. The second-order valence-electron chi connectivity index (χ2n) is 5.74. The third kappa shape index (κ3) is 2.59. The van der Waals surface area contributed by atoms with Crippen molar-refractivity contribution >= 4 is 18.1 Å². The van der Waals surface area contributed by atoms with E-state index < -0.39 is 0 Å². The minimum Gasteiger partial charge on any atom is -0.355 e. The Balaban J connectivity index is 1.42. The maximum absolute atomic E-state index is 12.0. The molecule has 5 nitrogen and oxygen atoms in total. The van der Waals surface area contributed by atoms with Crippen LogP contribution in [0.4, 0.5) is 0 Å². The second kappa shape index (κ2) is 5.07. The maximum atomic E-state index is 12.0. The summed E-state index contributed by atoms with van der Waals surface area (Å²) in [5, 5.41) is 9.91. The Morgan fingerprint density at radius 2 is 2.37 bits per heavy atom. The number of carbonyl (C=O) groups is 1. The van der Waals surface area contributed by atoms with Gasteiger partial charge in [-0.25, -0.2) is 0 Å². The van der Waals surface area contributed by atoms with Crippen LogP contribution in [0.3, 0.4) is 0 Å². The molecular weight excluding hydrogens is 260 g/mol. The molecule has 6 heteroatoms. The van der Waals surface area contributed by atoms with Gasteiger partial charge >= 0.3 is 0 Å². The highest BCUT2D eigenvalue weighted by atomic mass is 32.1. The summed E-state index contributed by atoms with van der Waals surface area (Å²) in [7, 11) is 1.89. The predicted octanol–water partition coefficient (Wildman–Crippen LogP) is 1.57. The van der Waals surface area contributed by atoms with Gasteiger partial charge in [0.15, 0.2) is 4.77 Å². The maximum Gasteiger partial charge on any atom is 0.223 e. The number of amides is 1. The quantitative estimate of drug-likeness (QED) is 0.805. The highest BCUT2D eigenvalue weighted by molar-refractivity contribution is 7.71. The normalized spacial score (nSPS) is 25.9. The SMILES string of the molecule is Cn1c(CCNC(=O)[C@@H]2C[C@@H]2C2CCC2)n[nH]c1=S. The molecule has 2 N–H and O–H groups in total. The average Bonchev–Trinajstić information content (AvgIpc) is 3.03. The molecule has 2 aliphatic rings. The molecule has 19 heavy (non-hydrogen) atoms. The van der Waals surface area contributed by atoms with Gasteiger partial charge in [0.1, 0.15) is 5.82 Å². The first-order chi connectivity index (χ1) is 9.16. The van der Waals surface area contributed by atoms with Crippen LogP contribution in [-0.2, 0) is 18.3 Å². The second-order valence-corrected chi connectivity index (χ2v) is 6.13. The van der Waals surface area contributed by atoms with Gasteiger partial charge in [-0.15, -0.1) is 0 Å². The molecule has 1 aromatic heterocycles. The van der Waals surface area contributed by atoms with Crippen molar-refractivity contribution in [1.29, 1.82) is 0 Å². The predicted molar refractivity (Wildman–Crippen MR) is 74.0 cm³/mol. The topological polar surface area (TPSA) is 62.7 Å². The summed E-state index contributed by atoms with van der Waals surface area (Å²) in [5.41, 5.74) is 0. The molecule has 0 spiro atoms. The van der Waals surface area contributed by atoms with Crippen molar-refractivity contribution in [3.05, 3.63) is 10.6 Å². The molecule has 2 aliphatic carbocycles. The van der Waals surface area contributed by atoms with Crippen LogP contribution in [0.25, 0.3) is 0 Å². The third-order valence-corrected chi connectivity index (χ3v) is 4.92. The number of hydrogen-bond donors (Lipinski definition) is 2. The molecule has 0 aliphatic heterocycles.